The van der Waals surface area contributed by atoms with Crippen molar-refractivity contribution in [2.45, 2.75) is 0 Å². The molecule has 0 atom stereocenters. The Labute approximate surface area is 316 Å². The number of hydrogen-bond donors (Lipinski definition) is 0. The molecule has 0 bridgehead atoms. The second-order valence-electron chi connectivity index (χ2n) is 14.5. The number of para-hydroxylation sites is 4. The van der Waals surface area contributed by atoms with Crippen LogP contribution in [0.25, 0.3) is 110 Å². The number of furan rings is 1. The molecular weight excluding hydrogens is 669 g/mol. The molecule has 55 heavy (non-hydrogen) atoms. The van der Waals surface area contributed by atoms with Crippen LogP contribution < -0.4 is 0 Å². The van der Waals surface area contributed by atoms with Crippen LogP contribution in [0.3, 0.4) is 0 Å². The standard InChI is InChI=1S/C52H32N2O/c1-3-13-35(14-4-1)53-47-21-11-9-19-41(47)44-31-45-42-25-23-34(30-48(42)54(50(45)32-49(44)53)36-15-5-2-6-16-36)38-27-26-37(39-17-7-8-18-40(38)39)33-24-28-52-46(29-33)43-20-10-12-22-51(43)55-52/h1-32H. The lowest BCUT2D eigenvalue weighted by Gasteiger charge is -2.13. The topological polar surface area (TPSA) is 23.0 Å². The summed E-state index contributed by atoms with van der Waals surface area (Å²) in [6, 6.07) is 70.4. The van der Waals surface area contributed by atoms with Crippen molar-refractivity contribution < 1.29 is 4.42 Å². The third kappa shape index (κ3) is 4.44. The van der Waals surface area contributed by atoms with Gasteiger partial charge in [0.2, 0.25) is 0 Å². The summed E-state index contributed by atoms with van der Waals surface area (Å²) in [4.78, 5) is 0. The normalized spacial score (nSPS) is 12.0. The van der Waals surface area contributed by atoms with E-state index in [9.17, 15) is 0 Å². The van der Waals surface area contributed by atoms with E-state index in [-0.39, 0.29) is 0 Å². The fourth-order valence-electron chi connectivity index (χ4n) is 9.05. The van der Waals surface area contributed by atoms with Crippen molar-refractivity contribution in [2.24, 2.45) is 0 Å². The van der Waals surface area contributed by atoms with Gasteiger partial charge in [-0.15, -0.1) is 0 Å². The van der Waals surface area contributed by atoms with Gasteiger partial charge in [0.15, 0.2) is 0 Å². The lowest BCUT2D eigenvalue weighted by molar-refractivity contribution is 0.669. The summed E-state index contributed by atoms with van der Waals surface area (Å²) in [7, 11) is 0. The second-order valence-corrected chi connectivity index (χ2v) is 14.5. The van der Waals surface area contributed by atoms with E-state index in [4.69, 9.17) is 4.42 Å². The van der Waals surface area contributed by atoms with Crippen LogP contribution in [0.5, 0.6) is 0 Å². The molecule has 0 aliphatic heterocycles. The number of nitrogens with zero attached hydrogens (tertiary/aromatic N) is 2. The summed E-state index contributed by atoms with van der Waals surface area (Å²) in [6.45, 7) is 0. The van der Waals surface area contributed by atoms with Crippen LogP contribution in [0.1, 0.15) is 0 Å². The molecule has 0 fully saturated rings. The van der Waals surface area contributed by atoms with E-state index in [2.05, 4.69) is 191 Å². The van der Waals surface area contributed by atoms with Gasteiger partial charge >= 0.3 is 0 Å². The fraction of sp³-hybridized carbons (Fsp3) is 0. The van der Waals surface area contributed by atoms with Crippen molar-refractivity contribution in [3.63, 3.8) is 0 Å². The van der Waals surface area contributed by atoms with Crippen molar-refractivity contribution in [3.05, 3.63) is 194 Å². The Balaban J connectivity index is 1.10. The second kappa shape index (κ2) is 11.6. The van der Waals surface area contributed by atoms with Gasteiger partial charge in [0.25, 0.3) is 0 Å². The summed E-state index contributed by atoms with van der Waals surface area (Å²) < 4.78 is 11.0. The van der Waals surface area contributed by atoms with Crippen LogP contribution in [0, 0.1) is 0 Å². The van der Waals surface area contributed by atoms with E-state index in [0.29, 0.717) is 0 Å². The lowest BCUT2D eigenvalue weighted by Crippen LogP contribution is -1.95. The Bertz CT molecular complexity index is 3470. The molecule has 0 aliphatic rings. The molecule has 3 heteroatoms. The number of aromatic nitrogens is 2. The Morgan fingerprint density at radius 2 is 0.764 bits per heavy atom. The van der Waals surface area contributed by atoms with Crippen LogP contribution in [0.2, 0.25) is 0 Å². The number of benzene rings is 9. The van der Waals surface area contributed by atoms with Crippen molar-refractivity contribution in [3.8, 4) is 33.6 Å². The van der Waals surface area contributed by atoms with Crippen LogP contribution in [-0.2, 0) is 0 Å². The zero-order chi connectivity index (χ0) is 36.0. The molecule has 3 aromatic heterocycles. The first kappa shape index (κ1) is 30.1. The largest absolute Gasteiger partial charge is 0.456 e. The van der Waals surface area contributed by atoms with Gasteiger partial charge < -0.3 is 13.6 Å². The molecule has 0 amide bonds. The molecule has 0 spiro atoms. The van der Waals surface area contributed by atoms with Gasteiger partial charge in [0.1, 0.15) is 11.2 Å². The molecule has 0 radical (unpaired) electrons. The molecule has 0 unspecified atom stereocenters. The maximum atomic E-state index is 6.17. The average molecular weight is 701 g/mol. The quantitative estimate of drug-likeness (QED) is 0.179. The number of rotatable bonds is 4. The highest BCUT2D eigenvalue weighted by Gasteiger charge is 2.20. The highest BCUT2D eigenvalue weighted by Crippen LogP contribution is 2.43. The van der Waals surface area contributed by atoms with E-state index < -0.39 is 0 Å². The Hall–Kier alpha value is -7.36. The zero-order valence-electron chi connectivity index (χ0n) is 29.8. The monoisotopic (exact) mass is 700 g/mol. The van der Waals surface area contributed by atoms with E-state index in [0.717, 1.165) is 33.3 Å². The lowest BCUT2D eigenvalue weighted by atomic mass is 9.91. The van der Waals surface area contributed by atoms with Crippen LogP contribution >= 0.6 is 0 Å². The highest BCUT2D eigenvalue weighted by atomic mass is 16.3. The van der Waals surface area contributed by atoms with Crippen molar-refractivity contribution in [1.82, 2.24) is 9.13 Å². The third-order valence-electron chi connectivity index (χ3n) is 11.5. The van der Waals surface area contributed by atoms with Gasteiger partial charge in [-0.2, -0.15) is 0 Å². The number of hydrogen-bond acceptors (Lipinski definition) is 1. The van der Waals surface area contributed by atoms with E-state index >= 15 is 0 Å². The molecule has 0 N–H and O–H groups in total. The van der Waals surface area contributed by atoms with Crippen LogP contribution in [-0.4, -0.2) is 9.13 Å². The van der Waals surface area contributed by atoms with E-state index in [1.54, 1.807) is 0 Å². The average Bonchev–Trinajstić information content (AvgIpc) is 3.89. The maximum Gasteiger partial charge on any atom is 0.135 e. The minimum Gasteiger partial charge on any atom is -0.456 e. The van der Waals surface area contributed by atoms with Crippen molar-refractivity contribution >= 4 is 76.3 Å². The summed E-state index contributed by atoms with van der Waals surface area (Å²) in [5.74, 6) is 0. The van der Waals surface area contributed by atoms with Gasteiger partial charge in [-0.3, -0.25) is 0 Å². The molecule has 3 heterocycles. The van der Waals surface area contributed by atoms with E-state index in [1.807, 2.05) is 12.1 Å². The molecule has 12 aromatic rings. The van der Waals surface area contributed by atoms with Crippen molar-refractivity contribution in [2.75, 3.05) is 0 Å². The third-order valence-corrected chi connectivity index (χ3v) is 11.5. The minimum absolute atomic E-state index is 0.912. The Morgan fingerprint density at radius 3 is 1.45 bits per heavy atom. The zero-order valence-corrected chi connectivity index (χ0v) is 29.8. The molecule has 0 saturated heterocycles. The predicted octanol–water partition coefficient (Wildman–Crippen LogP) is 14.3. The van der Waals surface area contributed by atoms with Crippen LogP contribution in [0.15, 0.2) is 199 Å². The summed E-state index contributed by atoms with van der Waals surface area (Å²) in [5.41, 5.74) is 13.7. The number of fused-ring (bicyclic) bond motifs is 10. The van der Waals surface area contributed by atoms with Gasteiger partial charge in [-0.05, 0) is 99.8 Å². The summed E-state index contributed by atoms with van der Waals surface area (Å²) in [5, 5.41) is 9.74. The smallest absolute Gasteiger partial charge is 0.135 e. The summed E-state index contributed by atoms with van der Waals surface area (Å²) >= 11 is 0. The molecule has 12 rings (SSSR count). The van der Waals surface area contributed by atoms with Gasteiger partial charge in [-0.1, -0.05) is 127 Å². The van der Waals surface area contributed by atoms with Crippen LogP contribution in [0.4, 0.5) is 0 Å². The van der Waals surface area contributed by atoms with Gasteiger partial charge in [0, 0.05) is 43.7 Å². The fourth-order valence-corrected chi connectivity index (χ4v) is 9.05. The molecule has 256 valence electrons. The van der Waals surface area contributed by atoms with Gasteiger partial charge in [-0.25, -0.2) is 0 Å². The maximum absolute atomic E-state index is 6.17. The SMILES string of the molecule is c1ccc(-n2c3ccccc3c3cc4c5ccc(-c6ccc(-c7ccc8oc9ccccc9c8c7)c7ccccc67)cc5n(-c5ccccc5)c4cc32)cc1. The van der Waals surface area contributed by atoms with Crippen molar-refractivity contribution in [1.29, 1.82) is 0 Å². The first-order chi connectivity index (χ1) is 27.3. The molecular formula is C52H32N2O. The van der Waals surface area contributed by atoms with Gasteiger partial charge in [0.05, 0.1) is 22.1 Å². The predicted molar refractivity (Wildman–Crippen MR) is 231 cm³/mol. The Kier molecular flexibility index (Phi) is 6.34. The molecule has 0 aliphatic carbocycles. The Morgan fingerprint density at radius 1 is 0.273 bits per heavy atom. The first-order valence-electron chi connectivity index (χ1n) is 18.8. The summed E-state index contributed by atoms with van der Waals surface area (Å²) in [6.07, 6.45) is 0. The molecule has 9 aromatic carbocycles. The minimum atomic E-state index is 0.912. The highest BCUT2D eigenvalue weighted by molar-refractivity contribution is 6.20. The first-order valence-corrected chi connectivity index (χ1v) is 18.8. The van der Waals surface area contributed by atoms with E-state index in [1.165, 1.54) is 76.6 Å². The molecule has 0 saturated carbocycles. The molecule has 3 nitrogen and oxygen atoms in total.